The smallest absolute Gasteiger partial charge is 0.0277 e. The fourth-order valence-corrected chi connectivity index (χ4v) is 4.88. The Labute approximate surface area is 126 Å². The maximum absolute atomic E-state index is 3.88. The van der Waals surface area contributed by atoms with E-state index in [9.17, 15) is 0 Å². The Morgan fingerprint density at radius 3 is 2.35 bits per heavy atom. The van der Waals surface area contributed by atoms with Crippen LogP contribution in [0.2, 0.25) is 0 Å². The molecule has 2 aliphatic rings. The van der Waals surface area contributed by atoms with Crippen molar-refractivity contribution in [3.05, 3.63) is 0 Å². The van der Waals surface area contributed by atoms with Crippen molar-refractivity contribution in [3.63, 3.8) is 0 Å². The Morgan fingerprint density at radius 2 is 1.75 bits per heavy atom. The summed E-state index contributed by atoms with van der Waals surface area (Å²) in [5, 5.41) is 3.88. The zero-order valence-corrected chi connectivity index (χ0v) is 14.2. The van der Waals surface area contributed by atoms with Crippen LogP contribution in [0.3, 0.4) is 0 Å². The Hall–Kier alpha value is -0.0800. The van der Waals surface area contributed by atoms with Gasteiger partial charge < -0.3 is 5.32 Å². The Morgan fingerprint density at radius 1 is 1.05 bits per heavy atom. The van der Waals surface area contributed by atoms with Gasteiger partial charge in [-0.1, -0.05) is 40.5 Å². The quantitative estimate of drug-likeness (QED) is 0.789. The molecule has 0 amide bonds. The van der Waals surface area contributed by atoms with E-state index in [2.05, 4.69) is 37.9 Å². The van der Waals surface area contributed by atoms with Gasteiger partial charge in [0.1, 0.15) is 0 Å². The summed E-state index contributed by atoms with van der Waals surface area (Å²) in [5.74, 6) is 1.73. The van der Waals surface area contributed by atoms with Crippen molar-refractivity contribution in [2.45, 2.75) is 90.8 Å². The highest BCUT2D eigenvalue weighted by Crippen LogP contribution is 2.36. The van der Waals surface area contributed by atoms with E-state index in [4.69, 9.17) is 0 Å². The van der Waals surface area contributed by atoms with Crippen molar-refractivity contribution in [1.82, 2.24) is 10.2 Å². The molecule has 0 radical (unpaired) electrons. The molecule has 20 heavy (non-hydrogen) atoms. The largest absolute Gasteiger partial charge is 0.312 e. The summed E-state index contributed by atoms with van der Waals surface area (Å²) in [4.78, 5) is 2.87. The van der Waals surface area contributed by atoms with Gasteiger partial charge in [0, 0.05) is 18.1 Å². The molecule has 118 valence electrons. The van der Waals surface area contributed by atoms with Gasteiger partial charge in [-0.2, -0.15) is 0 Å². The van der Waals surface area contributed by atoms with Crippen LogP contribution in [0, 0.1) is 11.8 Å². The molecule has 2 heteroatoms. The van der Waals surface area contributed by atoms with Gasteiger partial charge >= 0.3 is 0 Å². The molecule has 0 bridgehead atoms. The van der Waals surface area contributed by atoms with Crippen molar-refractivity contribution >= 4 is 0 Å². The lowest BCUT2D eigenvalue weighted by Gasteiger charge is -2.48. The third kappa shape index (κ3) is 3.76. The van der Waals surface area contributed by atoms with Gasteiger partial charge in [0.2, 0.25) is 0 Å². The van der Waals surface area contributed by atoms with E-state index in [1.807, 2.05) is 0 Å². The highest BCUT2D eigenvalue weighted by Gasteiger charge is 2.39. The third-order valence-corrected chi connectivity index (χ3v) is 5.62. The Kier molecular flexibility index (Phi) is 6.35. The first kappa shape index (κ1) is 16.3. The second-order valence-electron chi connectivity index (χ2n) is 7.37. The normalized spacial score (nSPS) is 35.9. The topological polar surface area (TPSA) is 15.3 Å². The second kappa shape index (κ2) is 7.79. The zero-order chi connectivity index (χ0) is 14.5. The monoisotopic (exact) mass is 280 g/mol. The van der Waals surface area contributed by atoms with Crippen LogP contribution in [0.4, 0.5) is 0 Å². The lowest BCUT2D eigenvalue weighted by Crippen LogP contribution is -2.58. The van der Waals surface area contributed by atoms with E-state index in [0.29, 0.717) is 6.04 Å². The average Bonchev–Trinajstić information content (AvgIpc) is 2.93. The molecular formula is C18H36N2. The third-order valence-electron chi connectivity index (χ3n) is 5.62. The van der Waals surface area contributed by atoms with Crippen LogP contribution in [0.5, 0.6) is 0 Å². The van der Waals surface area contributed by atoms with Gasteiger partial charge in [-0.05, 0) is 57.0 Å². The van der Waals surface area contributed by atoms with E-state index in [1.54, 1.807) is 0 Å². The molecule has 0 aromatic heterocycles. The maximum atomic E-state index is 3.88. The number of nitrogens with one attached hydrogen (secondary N) is 1. The molecule has 0 saturated heterocycles. The molecule has 2 saturated carbocycles. The van der Waals surface area contributed by atoms with Crippen molar-refractivity contribution in [2.24, 2.45) is 11.8 Å². The lowest BCUT2D eigenvalue weighted by molar-refractivity contribution is 0.0353. The predicted molar refractivity (Wildman–Crippen MR) is 88.1 cm³/mol. The summed E-state index contributed by atoms with van der Waals surface area (Å²) in [6.07, 6.45) is 9.82. The molecule has 4 unspecified atom stereocenters. The molecule has 2 rings (SSSR count). The minimum atomic E-state index is 0.717. The van der Waals surface area contributed by atoms with Crippen molar-refractivity contribution in [1.29, 1.82) is 0 Å². The highest BCUT2D eigenvalue weighted by atomic mass is 15.2. The SMILES string of the molecule is CCCNC1CC(C)CC(C)C1N(CC)C1CCCC1. The van der Waals surface area contributed by atoms with Crippen LogP contribution in [0.25, 0.3) is 0 Å². The van der Waals surface area contributed by atoms with E-state index in [0.717, 1.165) is 23.9 Å². The van der Waals surface area contributed by atoms with E-state index in [-0.39, 0.29) is 0 Å². The van der Waals surface area contributed by atoms with Crippen molar-refractivity contribution < 1.29 is 0 Å². The fraction of sp³-hybridized carbons (Fsp3) is 1.00. The first-order chi connectivity index (χ1) is 9.67. The maximum Gasteiger partial charge on any atom is 0.0277 e. The predicted octanol–water partition coefficient (Wildman–Crippen LogP) is 4.05. The summed E-state index contributed by atoms with van der Waals surface area (Å²) in [5.41, 5.74) is 0. The molecule has 0 spiro atoms. The first-order valence-electron chi connectivity index (χ1n) is 9.16. The minimum absolute atomic E-state index is 0.717. The van der Waals surface area contributed by atoms with Gasteiger partial charge in [0.15, 0.2) is 0 Å². The van der Waals surface area contributed by atoms with Crippen LogP contribution in [0.15, 0.2) is 0 Å². The fourth-order valence-electron chi connectivity index (χ4n) is 4.88. The minimum Gasteiger partial charge on any atom is -0.312 e. The molecule has 2 nitrogen and oxygen atoms in total. The van der Waals surface area contributed by atoms with E-state index >= 15 is 0 Å². The molecule has 2 aliphatic carbocycles. The number of nitrogens with zero attached hydrogens (tertiary/aromatic N) is 1. The number of hydrogen-bond acceptors (Lipinski definition) is 2. The lowest BCUT2D eigenvalue weighted by atomic mass is 9.75. The van der Waals surface area contributed by atoms with Gasteiger partial charge in [-0.15, -0.1) is 0 Å². The van der Waals surface area contributed by atoms with E-state index in [1.165, 1.54) is 58.0 Å². The molecule has 0 aliphatic heterocycles. The standard InChI is InChI=1S/C18H36N2/c1-5-11-19-17-13-14(3)12-15(4)18(17)20(6-2)16-9-7-8-10-16/h14-19H,5-13H2,1-4H3. The van der Waals surface area contributed by atoms with Crippen LogP contribution in [-0.4, -0.2) is 36.1 Å². The number of likely N-dealkylation sites (N-methyl/N-ethyl adjacent to an activating group) is 1. The zero-order valence-electron chi connectivity index (χ0n) is 14.2. The molecule has 4 atom stereocenters. The summed E-state index contributed by atoms with van der Waals surface area (Å²) in [6, 6.07) is 2.35. The molecule has 2 fully saturated rings. The Bertz CT molecular complexity index is 273. The highest BCUT2D eigenvalue weighted by molar-refractivity contribution is 4.96. The summed E-state index contributed by atoms with van der Waals surface area (Å²) in [6.45, 7) is 12.0. The number of hydrogen-bond donors (Lipinski definition) is 1. The average molecular weight is 281 g/mol. The summed E-state index contributed by atoms with van der Waals surface area (Å²) in [7, 11) is 0. The van der Waals surface area contributed by atoms with Crippen molar-refractivity contribution in [3.8, 4) is 0 Å². The molecule has 0 aromatic carbocycles. The van der Waals surface area contributed by atoms with Crippen LogP contribution >= 0.6 is 0 Å². The van der Waals surface area contributed by atoms with Crippen LogP contribution in [0.1, 0.15) is 72.6 Å². The van der Waals surface area contributed by atoms with Gasteiger partial charge in [-0.3, -0.25) is 4.90 Å². The second-order valence-corrected chi connectivity index (χ2v) is 7.37. The Balaban J connectivity index is 2.08. The van der Waals surface area contributed by atoms with Crippen LogP contribution < -0.4 is 5.32 Å². The number of rotatable bonds is 6. The van der Waals surface area contributed by atoms with Gasteiger partial charge in [0.25, 0.3) is 0 Å². The molecule has 1 N–H and O–H groups in total. The molecule has 0 heterocycles. The van der Waals surface area contributed by atoms with Crippen molar-refractivity contribution in [2.75, 3.05) is 13.1 Å². The molecule has 0 aromatic rings. The molecular weight excluding hydrogens is 244 g/mol. The van der Waals surface area contributed by atoms with Crippen LogP contribution in [-0.2, 0) is 0 Å². The summed E-state index contributed by atoms with van der Waals surface area (Å²) >= 11 is 0. The summed E-state index contributed by atoms with van der Waals surface area (Å²) < 4.78 is 0. The van der Waals surface area contributed by atoms with Gasteiger partial charge in [0.05, 0.1) is 0 Å². The van der Waals surface area contributed by atoms with E-state index < -0.39 is 0 Å². The van der Waals surface area contributed by atoms with Gasteiger partial charge in [-0.25, -0.2) is 0 Å². The first-order valence-corrected chi connectivity index (χ1v) is 9.16.